The van der Waals surface area contributed by atoms with Crippen LogP contribution in [0.3, 0.4) is 0 Å². The molecule has 0 aromatic carbocycles. The number of aromatic nitrogens is 3. The molecule has 0 fully saturated rings. The van der Waals surface area contributed by atoms with E-state index < -0.39 is 0 Å². The fourth-order valence-electron chi connectivity index (χ4n) is 1.67. The summed E-state index contributed by atoms with van der Waals surface area (Å²) in [6, 6.07) is 0. The highest BCUT2D eigenvalue weighted by atomic mass is 32.1. The third-order valence-electron chi connectivity index (χ3n) is 2.43. The topological polar surface area (TPSA) is 50.7 Å². The van der Waals surface area contributed by atoms with E-state index in [1.165, 1.54) is 5.56 Å². The Morgan fingerprint density at radius 2 is 2.19 bits per heavy atom. The zero-order valence-corrected chi connectivity index (χ0v) is 10.2. The molecule has 16 heavy (non-hydrogen) atoms. The van der Waals surface area contributed by atoms with Gasteiger partial charge in [0.2, 0.25) is 0 Å². The third-order valence-corrected chi connectivity index (χ3v) is 3.21. The fourth-order valence-corrected chi connectivity index (χ4v) is 2.29. The van der Waals surface area contributed by atoms with Crippen molar-refractivity contribution >= 4 is 17.2 Å². The molecule has 0 unspecified atom stereocenters. The molecule has 2 aromatic rings. The van der Waals surface area contributed by atoms with Crippen LogP contribution in [0.1, 0.15) is 23.2 Å². The Hall–Kier alpha value is -1.49. The van der Waals surface area contributed by atoms with Gasteiger partial charge in [-0.05, 0) is 6.42 Å². The van der Waals surface area contributed by atoms with Gasteiger partial charge >= 0.3 is 0 Å². The van der Waals surface area contributed by atoms with E-state index in [0.29, 0.717) is 0 Å². The highest BCUT2D eigenvalue weighted by molar-refractivity contribution is 7.09. The Morgan fingerprint density at radius 3 is 2.81 bits per heavy atom. The highest BCUT2D eigenvalue weighted by Crippen LogP contribution is 2.19. The molecule has 0 aliphatic carbocycles. The van der Waals surface area contributed by atoms with Crippen LogP contribution in [0.4, 0.5) is 5.82 Å². The number of nitrogens with one attached hydrogen (secondary N) is 1. The van der Waals surface area contributed by atoms with E-state index >= 15 is 0 Å². The second kappa shape index (κ2) is 5.03. The Kier molecular flexibility index (Phi) is 3.46. The summed E-state index contributed by atoms with van der Waals surface area (Å²) in [5, 5.41) is 6.18. The summed E-state index contributed by atoms with van der Waals surface area (Å²) in [7, 11) is 1.88. The van der Waals surface area contributed by atoms with Crippen LogP contribution in [0.25, 0.3) is 0 Å². The number of hydrogen-bond donors (Lipinski definition) is 1. The Morgan fingerprint density at radius 1 is 1.31 bits per heavy atom. The molecule has 0 amide bonds. The van der Waals surface area contributed by atoms with E-state index in [2.05, 4.69) is 27.2 Å². The monoisotopic (exact) mass is 234 g/mol. The standard InChI is InChI=1S/C11H14N4S/c1-3-8-9(6-10-13-4-5-16-10)14-7-15-11(8)12-2/h4-5,7H,3,6H2,1-2H3,(H,12,14,15). The van der Waals surface area contributed by atoms with Gasteiger partial charge in [0.05, 0.1) is 10.7 Å². The van der Waals surface area contributed by atoms with Gasteiger partial charge in [0, 0.05) is 30.6 Å². The van der Waals surface area contributed by atoms with Crippen LogP contribution in [-0.4, -0.2) is 22.0 Å². The fraction of sp³-hybridized carbons (Fsp3) is 0.364. The lowest BCUT2D eigenvalue weighted by Gasteiger charge is -2.09. The summed E-state index contributed by atoms with van der Waals surface area (Å²) in [4.78, 5) is 12.8. The van der Waals surface area contributed by atoms with E-state index in [4.69, 9.17) is 0 Å². The van der Waals surface area contributed by atoms with Crippen LogP contribution in [-0.2, 0) is 12.8 Å². The Balaban J connectivity index is 2.33. The molecule has 0 aliphatic heterocycles. The van der Waals surface area contributed by atoms with E-state index in [1.807, 2.05) is 18.6 Å². The third kappa shape index (κ3) is 2.19. The molecule has 2 aromatic heterocycles. The quantitative estimate of drug-likeness (QED) is 0.880. The summed E-state index contributed by atoms with van der Waals surface area (Å²) in [5.74, 6) is 0.920. The van der Waals surface area contributed by atoms with Crippen LogP contribution >= 0.6 is 11.3 Å². The number of nitrogens with zero attached hydrogens (tertiary/aromatic N) is 3. The maximum atomic E-state index is 4.35. The van der Waals surface area contributed by atoms with Crippen LogP contribution in [0.15, 0.2) is 17.9 Å². The van der Waals surface area contributed by atoms with Crippen molar-refractivity contribution in [2.75, 3.05) is 12.4 Å². The Bertz CT molecular complexity index is 453. The van der Waals surface area contributed by atoms with Crippen LogP contribution in [0.2, 0.25) is 0 Å². The van der Waals surface area contributed by atoms with Crippen LogP contribution < -0.4 is 5.32 Å². The zero-order chi connectivity index (χ0) is 11.4. The van der Waals surface area contributed by atoms with Gasteiger partial charge in [-0.2, -0.15) is 0 Å². The second-order valence-corrected chi connectivity index (χ2v) is 4.33. The Labute approximate surface area is 98.8 Å². The molecule has 5 heteroatoms. The molecule has 0 atom stereocenters. The molecule has 0 spiro atoms. The van der Waals surface area contributed by atoms with Gasteiger partial charge in [0.1, 0.15) is 12.1 Å². The minimum absolute atomic E-state index is 0.790. The minimum atomic E-state index is 0.790. The lowest BCUT2D eigenvalue weighted by Crippen LogP contribution is -2.05. The number of hydrogen-bond acceptors (Lipinski definition) is 5. The summed E-state index contributed by atoms with van der Waals surface area (Å²) in [6.45, 7) is 2.12. The summed E-state index contributed by atoms with van der Waals surface area (Å²) in [6.07, 6.45) is 5.15. The summed E-state index contributed by atoms with van der Waals surface area (Å²) < 4.78 is 0. The average molecular weight is 234 g/mol. The highest BCUT2D eigenvalue weighted by Gasteiger charge is 2.10. The molecule has 4 nitrogen and oxygen atoms in total. The smallest absolute Gasteiger partial charge is 0.132 e. The zero-order valence-electron chi connectivity index (χ0n) is 9.40. The normalized spacial score (nSPS) is 10.4. The lowest BCUT2D eigenvalue weighted by atomic mass is 10.1. The van der Waals surface area contributed by atoms with Crippen molar-refractivity contribution in [1.29, 1.82) is 0 Å². The largest absolute Gasteiger partial charge is 0.373 e. The maximum absolute atomic E-state index is 4.35. The van der Waals surface area contributed by atoms with Gasteiger partial charge in [0.25, 0.3) is 0 Å². The van der Waals surface area contributed by atoms with Crippen molar-refractivity contribution in [2.24, 2.45) is 0 Å². The van der Waals surface area contributed by atoms with Crippen molar-refractivity contribution in [3.8, 4) is 0 Å². The molecular formula is C11H14N4S. The predicted octanol–water partition coefficient (Wildman–Crippen LogP) is 2.13. The van der Waals surface area contributed by atoms with Crippen molar-refractivity contribution in [1.82, 2.24) is 15.0 Å². The summed E-state index contributed by atoms with van der Waals surface area (Å²) in [5.41, 5.74) is 2.25. The maximum Gasteiger partial charge on any atom is 0.132 e. The van der Waals surface area contributed by atoms with Crippen molar-refractivity contribution < 1.29 is 0 Å². The van der Waals surface area contributed by atoms with Gasteiger partial charge in [0.15, 0.2) is 0 Å². The van der Waals surface area contributed by atoms with Crippen molar-refractivity contribution in [3.05, 3.63) is 34.2 Å². The van der Waals surface area contributed by atoms with Crippen LogP contribution in [0.5, 0.6) is 0 Å². The molecule has 84 valence electrons. The van der Waals surface area contributed by atoms with E-state index in [0.717, 1.165) is 29.4 Å². The van der Waals surface area contributed by atoms with Gasteiger partial charge < -0.3 is 5.32 Å². The van der Waals surface area contributed by atoms with Gasteiger partial charge in [-0.15, -0.1) is 11.3 Å². The molecule has 0 radical (unpaired) electrons. The average Bonchev–Trinajstić information content (AvgIpc) is 2.81. The van der Waals surface area contributed by atoms with E-state index in [9.17, 15) is 0 Å². The molecule has 0 saturated carbocycles. The van der Waals surface area contributed by atoms with Gasteiger partial charge in [-0.25, -0.2) is 15.0 Å². The van der Waals surface area contributed by atoms with Crippen molar-refractivity contribution in [2.45, 2.75) is 19.8 Å². The van der Waals surface area contributed by atoms with Gasteiger partial charge in [-0.1, -0.05) is 6.92 Å². The first-order valence-electron chi connectivity index (χ1n) is 5.24. The molecule has 0 saturated heterocycles. The predicted molar refractivity (Wildman–Crippen MR) is 65.9 cm³/mol. The minimum Gasteiger partial charge on any atom is -0.373 e. The molecular weight excluding hydrogens is 220 g/mol. The molecule has 0 aliphatic rings. The van der Waals surface area contributed by atoms with Crippen molar-refractivity contribution in [3.63, 3.8) is 0 Å². The molecule has 1 N–H and O–H groups in total. The molecule has 0 bridgehead atoms. The second-order valence-electron chi connectivity index (χ2n) is 3.35. The first-order chi connectivity index (χ1) is 7.85. The lowest BCUT2D eigenvalue weighted by molar-refractivity contribution is 0.944. The number of anilines is 1. The van der Waals surface area contributed by atoms with Gasteiger partial charge in [-0.3, -0.25) is 0 Å². The van der Waals surface area contributed by atoms with Crippen LogP contribution in [0, 0.1) is 0 Å². The molecule has 2 rings (SSSR count). The van der Waals surface area contributed by atoms with E-state index in [-0.39, 0.29) is 0 Å². The van der Waals surface area contributed by atoms with E-state index in [1.54, 1.807) is 17.7 Å². The number of rotatable bonds is 4. The first-order valence-corrected chi connectivity index (χ1v) is 6.12. The number of thiazole rings is 1. The first kappa shape index (κ1) is 11.0. The molecule has 2 heterocycles. The SMILES string of the molecule is CCc1c(Cc2nccs2)ncnc1NC. The summed E-state index contributed by atoms with van der Waals surface area (Å²) >= 11 is 1.66.